The van der Waals surface area contributed by atoms with E-state index >= 15 is 0 Å². The number of aldehydes is 2. The molecule has 0 spiro atoms. The van der Waals surface area contributed by atoms with Gasteiger partial charge in [-0.1, -0.05) is 26.0 Å². The first-order valence-electron chi connectivity index (χ1n) is 12.9. The van der Waals surface area contributed by atoms with E-state index in [-0.39, 0.29) is 43.5 Å². The molecule has 0 fully saturated rings. The molecule has 0 radical (unpaired) electrons. The van der Waals surface area contributed by atoms with Crippen LogP contribution >= 0.6 is 0 Å². The van der Waals surface area contributed by atoms with E-state index in [0.717, 1.165) is 26.0 Å². The average Bonchev–Trinajstić information content (AvgIpc) is 2.98. The van der Waals surface area contributed by atoms with Crippen molar-refractivity contribution in [3.05, 3.63) is 24.3 Å². The fourth-order valence-corrected chi connectivity index (χ4v) is 1.89. The maximum absolute atomic E-state index is 11.1. The summed E-state index contributed by atoms with van der Waals surface area (Å²) in [6.45, 7) is 13.3. The molecule has 41 heavy (non-hydrogen) atoms. The molecule has 0 aliphatic carbocycles. The van der Waals surface area contributed by atoms with Crippen LogP contribution in [0.15, 0.2) is 24.3 Å². The SMILES string of the molecule is C=C(C(=O)OCC)C(=O)OCCOC=O.C=C(C=O)C=O.CCOC.CNCCCCCCNC(=O)OCCOC. The van der Waals surface area contributed by atoms with E-state index in [9.17, 15) is 28.8 Å². The molecule has 0 saturated carbocycles. The van der Waals surface area contributed by atoms with Crippen molar-refractivity contribution in [1.82, 2.24) is 10.6 Å². The van der Waals surface area contributed by atoms with E-state index in [1.165, 1.54) is 12.8 Å². The highest BCUT2D eigenvalue weighted by atomic mass is 16.6. The third-order valence-electron chi connectivity index (χ3n) is 4.01. The summed E-state index contributed by atoms with van der Waals surface area (Å²) >= 11 is 0. The van der Waals surface area contributed by atoms with Gasteiger partial charge in [-0.15, -0.1) is 0 Å². The Morgan fingerprint density at radius 2 is 1.24 bits per heavy atom. The van der Waals surface area contributed by atoms with Gasteiger partial charge >= 0.3 is 18.0 Å². The number of hydrogen-bond acceptors (Lipinski definition) is 13. The zero-order valence-electron chi connectivity index (χ0n) is 25.0. The zero-order valence-corrected chi connectivity index (χ0v) is 25.0. The smallest absolute Gasteiger partial charge is 0.407 e. The van der Waals surface area contributed by atoms with Gasteiger partial charge in [-0.05, 0) is 40.3 Å². The van der Waals surface area contributed by atoms with Gasteiger partial charge in [-0.3, -0.25) is 14.4 Å². The first-order chi connectivity index (χ1) is 19.7. The van der Waals surface area contributed by atoms with Crippen LogP contribution in [0.5, 0.6) is 0 Å². The molecule has 0 aromatic carbocycles. The first-order valence-corrected chi connectivity index (χ1v) is 12.9. The van der Waals surface area contributed by atoms with E-state index in [4.69, 9.17) is 9.47 Å². The minimum atomic E-state index is -0.886. The summed E-state index contributed by atoms with van der Waals surface area (Å²) in [6, 6.07) is 0. The average molecular weight is 593 g/mol. The number of nitrogens with one attached hydrogen (secondary N) is 2. The number of amides is 1. The summed E-state index contributed by atoms with van der Waals surface area (Å²) in [5.41, 5.74) is -0.405. The molecule has 0 bridgehead atoms. The molecular formula is C27H48N2O12. The Morgan fingerprint density at radius 3 is 1.68 bits per heavy atom. The van der Waals surface area contributed by atoms with Crippen molar-refractivity contribution in [2.24, 2.45) is 0 Å². The summed E-state index contributed by atoms with van der Waals surface area (Å²) in [5.74, 6) is -1.71. The van der Waals surface area contributed by atoms with Crippen molar-refractivity contribution >= 4 is 37.1 Å². The molecule has 0 saturated heterocycles. The summed E-state index contributed by atoms with van der Waals surface area (Å²) < 4.78 is 27.5. The van der Waals surface area contributed by atoms with Gasteiger partial charge < -0.3 is 39.1 Å². The number of methoxy groups -OCH3 is 2. The standard InChI is InChI=1S/C11H24N2O3.C9H12O6.C4H4O2.C3H8O/c1-12-7-5-3-4-6-8-13-11(14)16-10-9-15-2;1-3-14-8(11)7(2)9(12)15-5-4-13-6-10;1-4(2-5)3-6;1-3-4-2/h12H,3-10H2,1-2H3,(H,13,14);6H,2-5H2,1H3;2-3H,1H2;3H2,1-2H3. The number of carbonyl (C=O) groups is 6. The van der Waals surface area contributed by atoms with E-state index < -0.39 is 11.9 Å². The summed E-state index contributed by atoms with van der Waals surface area (Å²) in [4.78, 5) is 61.6. The lowest BCUT2D eigenvalue weighted by molar-refractivity contribution is -0.149. The fraction of sp³-hybridized carbons (Fsp3) is 0.630. The van der Waals surface area contributed by atoms with Crippen LogP contribution in [0.4, 0.5) is 4.79 Å². The van der Waals surface area contributed by atoms with E-state index in [0.29, 0.717) is 32.3 Å². The Morgan fingerprint density at radius 1 is 0.707 bits per heavy atom. The van der Waals surface area contributed by atoms with Gasteiger partial charge in [-0.2, -0.15) is 0 Å². The molecular weight excluding hydrogens is 544 g/mol. The predicted molar refractivity (Wildman–Crippen MR) is 151 cm³/mol. The normalized spacial score (nSPS) is 8.90. The fourth-order valence-electron chi connectivity index (χ4n) is 1.89. The third kappa shape index (κ3) is 41.0. The Labute approximate surface area is 243 Å². The molecule has 14 heteroatoms. The van der Waals surface area contributed by atoms with E-state index in [2.05, 4.69) is 42.7 Å². The van der Waals surface area contributed by atoms with Crippen molar-refractivity contribution in [3.8, 4) is 0 Å². The highest BCUT2D eigenvalue weighted by Crippen LogP contribution is 1.98. The number of esters is 2. The molecule has 0 aliphatic heterocycles. The number of unbranched alkanes of at least 4 members (excludes halogenated alkanes) is 3. The summed E-state index contributed by atoms with van der Waals surface area (Å²) in [5, 5.41) is 5.80. The third-order valence-corrected chi connectivity index (χ3v) is 4.01. The molecule has 0 aliphatic rings. The molecule has 0 unspecified atom stereocenters. The second-order valence-corrected chi connectivity index (χ2v) is 7.26. The Balaban J connectivity index is -0.000000252. The highest BCUT2D eigenvalue weighted by molar-refractivity contribution is 6.13. The molecule has 0 heterocycles. The molecule has 0 aromatic heterocycles. The second-order valence-electron chi connectivity index (χ2n) is 7.26. The van der Waals surface area contributed by atoms with Gasteiger partial charge in [0.2, 0.25) is 0 Å². The van der Waals surface area contributed by atoms with Gasteiger partial charge in [0.25, 0.3) is 6.47 Å². The van der Waals surface area contributed by atoms with Crippen LogP contribution < -0.4 is 10.6 Å². The Kier molecular flexibility index (Phi) is 41.7. The number of allylic oxidation sites excluding steroid dienone is 1. The van der Waals surface area contributed by atoms with Crippen molar-refractivity contribution in [3.63, 3.8) is 0 Å². The molecule has 1 amide bonds. The number of rotatable bonds is 20. The van der Waals surface area contributed by atoms with Crippen molar-refractivity contribution in [1.29, 1.82) is 0 Å². The summed E-state index contributed by atoms with van der Waals surface area (Å²) in [6.07, 6.45) is 4.99. The Hall–Kier alpha value is -3.62. The van der Waals surface area contributed by atoms with Gasteiger partial charge in [-0.25, -0.2) is 14.4 Å². The lowest BCUT2D eigenvalue weighted by Gasteiger charge is -2.06. The van der Waals surface area contributed by atoms with E-state index in [1.807, 2.05) is 14.0 Å². The number of carbonyl (C=O) groups excluding carboxylic acids is 6. The molecule has 0 atom stereocenters. The van der Waals surface area contributed by atoms with Crippen LogP contribution in [0.25, 0.3) is 0 Å². The van der Waals surface area contributed by atoms with Crippen LogP contribution in [-0.4, -0.2) is 111 Å². The first kappa shape index (κ1) is 44.4. The monoisotopic (exact) mass is 592 g/mol. The van der Waals surface area contributed by atoms with Gasteiger partial charge in [0.1, 0.15) is 25.4 Å². The largest absolute Gasteiger partial charge is 0.464 e. The maximum atomic E-state index is 11.1. The minimum absolute atomic E-state index is 0.0185. The molecule has 0 aromatic rings. The van der Waals surface area contributed by atoms with Crippen molar-refractivity contribution in [2.75, 3.05) is 74.0 Å². The zero-order chi connectivity index (χ0) is 32.2. The van der Waals surface area contributed by atoms with E-state index in [1.54, 1.807) is 21.1 Å². The van der Waals surface area contributed by atoms with Gasteiger partial charge in [0.15, 0.2) is 12.6 Å². The van der Waals surface area contributed by atoms with Crippen LogP contribution in [0.2, 0.25) is 0 Å². The van der Waals surface area contributed by atoms with Crippen LogP contribution in [-0.2, 0) is 52.4 Å². The minimum Gasteiger partial charge on any atom is -0.464 e. The topological polar surface area (TPSA) is 182 Å². The molecule has 2 N–H and O–H groups in total. The highest BCUT2D eigenvalue weighted by Gasteiger charge is 2.17. The predicted octanol–water partition coefficient (Wildman–Crippen LogP) is 1.55. The molecule has 238 valence electrons. The lowest BCUT2D eigenvalue weighted by Crippen LogP contribution is -2.26. The van der Waals surface area contributed by atoms with Gasteiger partial charge in [0, 0.05) is 32.9 Å². The summed E-state index contributed by atoms with van der Waals surface area (Å²) in [7, 11) is 5.21. The maximum Gasteiger partial charge on any atom is 0.407 e. The second kappa shape index (κ2) is 38.5. The van der Waals surface area contributed by atoms with Crippen molar-refractivity contribution in [2.45, 2.75) is 39.5 Å². The molecule has 0 rings (SSSR count). The van der Waals surface area contributed by atoms with Crippen LogP contribution in [0.3, 0.4) is 0 Å². The number of alkyl carbamates (subject to hydrolysis) is 1. The van der Waals surface area contributed by atoms with Crippen LogP contribution in [0.1, 0.15) is 39.5 Å². The quantitative estimate of drug-likeness (QED) is 0.0395. The lowest BCUT2D eigenvalue weighted by atomic mass is 10.2. The van der Waals surface area contributed by atoms with Crippen LogP contribution in [0, 0.1) is 0 Å². The molecule has 14 nitrogen and oxygen atoms in total. The number of ether oxygens (including phenoxy) is 6. The number of hydrogen-bond donors (Lipinski definition) is 2. The van der Waals surface area contributed by atoms with Crippen molar-refractivity contribution < 1.29 is 57.2 Å². The van der Waals surface area contributed by atoms with Gasteiger partial charge in [0.05, 0.1) is 13.2 Å². The Bertz CT molecular complexity index is 702.